The van der Waals surface area contributed by atoms with E-state index in [1.54, 1.807) is 24.3 Å². The lowest BCUT2D eigenvalue weighted by molar-refractivity contribution is 0.245. The molecule has 0 aliphatic heterocycles. The highest BCUT2D eigenvalue weighted by Gasteiger charge is 2.28. The minimum Gasteiger partial charge on any atom is -0.335 e. The van der Waals surface area contributed by atoms with Crippen LogP contribution in [0.1, 0.15) is 30.5 Å². The quantitative estimate of drug-likeness (QED) is 0.893. The fourth-order valence-corrected chi connectivity index (χ4v) is 3.26. The van der Waals surface area contributed by atoms with Crippen molar-refractivity contribution < 1.29 is 9.18 Å². The van der Waals surface area contributed by atoms with Crippen molar-refractivity contribution in [3.63, 3.8) is 0 Å². The zero-order valence-corrected chi connectivity index (χ0v) is 13.7. The molecule has 1 aliphatic carbocycles. The number of hydrogen-bond acceptors (Lipinski definition) is 3. The Kier molecular flexibility index (Phi) is 5.24. The second-order valence-electron chi connectivity index (χ2n) is 6.27. The topological polar surface area (TPSA) is 77.8 Å². The second kappa shape index (κ2) is 7.75. The molecule has 6 heteroatoms. The van der Waals surface area contributed by atoms with Gasteiger partial charge >= 0.3 is 6.03 Å². The van der Waals surface area contributed by atoms with E-state index in [2.05, 4.69) is 15.6 Å². The Hall–Kier alpha value is -2.94. The minimum atomic E-state index is -0.275. The van der Waals surface area contributed by atoms with Crippen LogP contribution in [-0.4, -0.2) is 17.1 Å². The van der Waals surface area contributed by atoms with Gasteiger partial charge in [0, 0.05) is 6.04 Å². The summed E-state index contributed by atoms with van der Waals surface area (Å²) < 4.78 is 13.0. The number of nitrogens with one attached hydrogen (secondary N) is 2. The van der Waals surface area contributed by atoms with Crippen LogP contribution in [0, 0.1) is 23.1 Å². The molecule has 1 aromatic heterocycles. The predicted octanol–water partition coefficient (Wildman–Crippen LogP) is 3.63. The van der Waals surface area contributed by atoms with E-state index in [0.29, 0.717) is 17.3 Å². The summed E-state index contributed by atoms with van der Waals surface area (Å²) in [5, 5.41) is 14.5. The molecule has 0 unspecified atom stereocenters. The van der Waals surface area contributed by atoms with Gasteiger partial charge in [-0.2, -0.15) is 5.26 Å². The largest absolute Gasteiger partial charge is 0.335 e. The Morgan fingerprint density at radius 1 is 1.24 bits per heavy atom. The first-order valence-electron chi connectivity index (χ1n) is 8.32. The number of hydrogen-bond donors (Lipinski definition) is 2. The van der Waals surface area contributed by atoms with E-state index < -0.39 is 0 Å². The van der Waals surface area contributed by atoms with Crippen molar-refractivity contribution in [3.8, 4) is 6.07 Å². The van der Waals surface area contributed by atoms with Crippen molar-refractivity contribution in [3.05, 3.63) is 59.7 Å². The lowest BCUT2D eigenvalue weighted by Crippen LogP contribution is -2.40. The van der Waals surface area contributed by atoms with Gasteiger partial charge in [-0.05, 0) is 55.0 Å². The summed E-state index contributed by atoms with van der Waals surface area (Å²) in [7, 11) is 0. The van der Waals surface area contributed by atoms with Gasteiger partial charge in [0.1, 0.15) is 17.6 Å². The van der Waals surface area contributed by atoms with Gasteiger partial charge in [0.15, 0.2) is 0 Å². The molecule has 2 atom stereocenters. The number of carbonyl (C=O) groups is 1. The summed E-state index contributed by atoms with van der Waals surface area (Å²) in [6.45, 7) is 0. The summed E-state index contributed by atoms with van der Waals surface area (Å²) in [6, 6.07) is 11.5. The molecule has 5 nitrogen and oxygen atoms in total. The van der Waals surface area contributed by atoms with Gasteiger partial charge in [0.2, 0.25) is 0 Å². The normalized spacial score (nSPS) is 19.2. The van der Waals surface area contributed by atoms with Crippen molar-refractivity contribution in [2.45, 2.75) is 31.7 Å². The Balaban J connectivity index is 1.56. The minimum absolute atomic E-state index is 0.0939. The van der Waals surface area contributed by atoms with Crippen molar-refractivity contribution in [1.82, 2.24) is 10.3 Å². The molecule has 2 amide bonds. The van der Waals surface area contributed by atoms with Crippen LogP contribution >= 0.6 is 0 Å². The standard InChI is InChI=1S/C19H19FN4O/c20-15-6-4-13(5-7-15)10-14-2-1-3-18(14)24-19(25)23-17-9-8-16(11-21)22-12-17/h4-9,12,14,18H,1-3,10H2,(H2,23,24,25)/t14-,18-/m1/s1. The van der Waals surface area contributed by atoms with E-state index in [0.717, 1.165) is 31.2 Å². The molecule has 0 spiro atoms. The fourth-order valence-electron chi connectivity index (χ4n) is 3.26. The number of nitrogens with zero attached hydrogens (tertiary/aromatic N) is 2. The number of urea groups is 1. The number of carbonyl (C=O) groups excluding carboxylic acids is 1. The fraction of sp³-hybridized carbons (Fsp3) is 0.316. The maximum absolute atomic E-state index is 13.0. The van der Waals surface area contributed by atoms with Crippen LogP contribution in [0.15, 0.2) is 42.6 Å². The Morgan fingerprint density at radius 3 is 2.72 bits per heavy atom. The van der Waals surface area contributed by atoms with Gasteiger partial charge in [-0.15, -0.1) is 0 Å². The number of amides is 2. The van der Waals surface area contributed by atoms with Crippen molar-refractivity contribution >= 4 is 11.7 Å². The van der Waals surface area contributed by atoms with E-state index in [-0.39, 0.29) is 17.9 Å². The van der Waals surface area contributed by atoms with Crippen LogP contribution in [0.4, 0.5) is 14.9 Å². The average Bonchev–Trinajstić information content (AvgIpc) is 3.04. The first-order valence-corrected chi connectivity index (χ1v) is 8.32. The Morgan fingerprint density at radius 2 is 2.04 bits per heavy atom. The van der Waals surface area contributed by atoms with E-state index in [1.165, 1.54) is 18.3 Å². The van der Waals surface area contributed by atoms with Crippen LogP contribution in [0.25, 0.3) is 0 Å². The number of nitriles is 1. The van der Waals surface area contributed by atoms with Gasteiger partial charge in [0.25, 0.3) is 0 Å². The molecule has 1 heterocycles. The van der Waals surface area contributed by atoms with Gasteiger partial charge < -0.3 is 10.6 Å². The third-order valence-electron chi connectivity index (χ3n) is 4.52. The first kappa shape index (κ1) is 16.9. The molecule has 1 saturated carbocycles. The summed E-state index contributed by atoms with van der Waals surface area (Å²) >= 11 is 0. The van der Waals surface area contributed by atoms with Crippen LogP contribution in [0.2, 0.25) is 0 Å². The number of benzene rings is 1. The molecule has 25 heavy (non-hydrogen) atoms. The smallest absolute Gasteiger partial charge is 0.319 e. The van der Waals surface area contributed by atoms with E-state index in [9.17, 15) is 9.18 Å². The zero-order valence-electron chi connectivity index (χ0n) is 13.7. The summed E-state index contributed by atoms with van der Waals surface area (Å²) in [4.78, 5) is 16.1. The molecule has 1 aliphatic rings. The molecule has 0 radical (unpaired) electrons. The monoisotopic (exact) mass is 338 g/mol. The highest BCUT2D eigenvalue weighted by Crippen LogP contribution is 2.29. The molecule has 0 saturated heterocycles. The highest BCUT2D eigenvalue weighted by atomic mass is 19.1. The van der Waals surface area contributed by atoms with Crippen molar-refractivity contribution in [1.29, 1.82) is 5.26 Å². The summed E-state index contributed by atoms with van der Waals surface area (Å²) in [5.74, 6) is 0.107. The molecule has 2 N–H and O–H groups in total. The number of aromatic nitrogens is 1. The van der Waals surface area contributed by atoms with Gasteiger partial charge in [0.05, 0.1) is 11.9 Å². The molecule has 3 rings (SSSR count). The maximum atomic E-state index is 13.0. The lowest BCUT2D eigenvalue weighted by atomic mass is 9.94. The number of rotatable bonds is 4. The SMILES string of the molecule is N#Cc1ccc(NC(=O)N[C@@H]2CCC[C@@H]2Cc2ccc(F)cc2)cn1. The van der Waals surface area contributed by atoms with E-state index in [4.69, 9.17) is 5.26 Å². The van der Waals surface area contributed by atoms with Crippen LogP contribution in [0.5, 0.6) is 0 Å². The number of anilines is 1. The van der Waals surface area contributed by atoms with E-state index >= 15 is 0 Å². The Labute approximate surface area is 145 Å². The Bertz CT molecular complexity index is 768. The molecular weight excluding hydrogens is 319 g/mol. The molecule has 0 bridgehead atoms. The number of halogens is 1. The zero-order chi connectivity index (χ0) is 17.6. The summed E-state index contributed by atoms with van der Waals surface area (Å²) in [6.07, 6.45) is 5.33. The lowest BCUT2D eigenvalue weighted by Gasteiger charge is -2.21. The molecular formula is C19H19FN4O. The first-order chi connectivity index (χ1) is 12.1. The maximum Gasteiger partial charge on any atom is 0.319 e. The van der Waals surface area contributed by atoms with Crippen molar-refractivity contribution in [2.24, 2.45) is 5.92 Å². The third kappa shape index (κ3) is 4.54. The molecule has 128 valence electrons. The average molecular weight is 338 g/mol. The molecule has 1 fully saturated rings. The van der Waals surface area contributed by atoms with Gasteiger partial charge in [-0.3, -0.25) is 0 Å². The van der Waals surface area contributed by atoms with Crippen LogP contribution in [-0.2, 0) is 6.42 Å². The van der Waals surface area contributed by atoms with Crippen molar-refractivity contribution in [2.75, 3.05) is 5.32 Å². The van der Waals surface area contributed by atoms with Gasteiger partial charge in [-0.1, -0.05) is 18.6 Å². The highest BCUT2D eigenvalue weighted by molar-refractivity contribution is 5.89. The van der Waals surface area contributed by atoms with E-state index in [1.807, 2.05) is 6.07 Å². The number of pyridine rings is 1. The van der Waals surface area contributed by atoms with Crippen LogP contribution in [0.3, 0.4) is 0 Å². The predicted molar refractivity (Wildman–Crippen MR) is 92.3 cm³/mol. The van der Waals surface area contributed by atoms with Gasteiger partial charge in [-0.25, -0.2) is 14.2 Å². The molecule has 2 aromatic rings. The third-order valence-corrected chi connectivity index (χ3v) is 4.52. The van der Waals surface area contributed by atoms with Crippen LogP contribution < -0.4 is 10.6 Å². The summed E-state index contributed by atoms with van der Waals surface area (Å²) in [5.41, 5.74) is 1.93. The second-order valence-corrected chi connectivity index (χ2v) is 6.27. The molecule has 1 aromatic carbocycles.